The van der Waals surface area contributed by atoms with Crippen LogP contribution in [0.3, 0.4) is 0 Å². The summed E-state index contributed by atoms with van der Waals surface area (Å²) in [7, 11) is 0. The zero-order valence-corrected chi connectivity index (χ0v) is 21.6. The van der Waals surface area contributed by atoms with Gasteiger partial charge in [-0.2, -0.15) is 70.2 Å². The molecular weight excluding hydrogens is 624 g/mol. The third kappa shape index (κ3) is 8.07. The van der Waals surface area contributed by atoms with Crippen LogP contribution in [0.1, 0.15) is 63.9 Å². The minimum atomic E-state index is -8.02. The van der Waals surface area contributed by atoms with Crippen molar-refractivity contribution in [2.45, 2.75) is 113 Å². The highest BCUT2D eigenvalue weighted by Crippen LogP contribution is 2.57. The topological polar surface area (TPSA) is 18.5 Å². The number of ether oxygens (including phenoxy) is 2. The Morgan fingerprint density at radius 2 is 1.05 bits per heavy atom. The number of benzene rings is 1. The molecule has 0 aliphatic heterocycles. The lowest BCUT2D eigenvalue weighted by molar-refractivity contribution is -0.516. The van der Waals surface area contributed by atoms with Gasteiger partial charge in [-0.25, -0.2) is 4.74 Å². The summed E-state index contributed by atoms with van der Waals surface area (Å²) in [5.41, 5.74) is -0.0752. The summed E-state index contributed by atoms with van der Waals surface area (Å²) in [6.07, 6.45) is -21.3. The summed E-state index contributed by atoms with van der Waals surface area (Å²) in [4.78, 5) is 0. The highest BCUT2D eigenvalue weighted by molar-refractivity contribution is 5.33. The molecule has 1 unspecified atom stereocenters. The van der Waals surface area contributed by atoms with Crippen LogP contribution in [-0.4, -0.2) is 48.4 Å². The average Bonchev–Trinajstić information content (AvgIpc) is 2.84. The van der Waals surface area contributed by atoms with Gasteiger partial charge in [0.2, 0.25) is 0 Å². The second-order valence-corrected chi connectivity index (χ2v) is 9.25. The Morgan fingerprint density at radius 1 is 0.595 bits per heavy atom. The van der Waals surface area contributed by atoms with E-state index in [1.165, 1.54) is 16.9 Å². The van der Waals surface area contributed by atoms with E-state index in [-0.39, 0.29) is 12.0 Å². The van der Waals surface area contributed by atoms with Crippen LogP contribution >= 0.6 is 0 Å². The van der Waals surface area contributed by atoms with Crippen molar-refractivity contribution in [1.82, 2.24) is 0 Å². The molecule has 0 aromatic heterocycles. The van der Waals surface area contributed by atoms with Crippen LogP contribution in [0.2, 0.25) is 0 Å². The molecule has 0 bridgehead atoms. The molecule has 246 valence electrons. The summed E-state index contributed by atoms with van der Waals surface area (Å²) in [5, 5.41) is 0. The van der Waals surface area contributed by atoms with Crippen LogP contribution in [0.25, 0.3) is 0 Å². The quantitative estimate of drug-likeness (QED) is 0.116. The fourth-order valence-electron chi connectivity index (χ4n) is 3.45. The predicted octanol–water partition coefficient (Wildman–Crippen LogP) is 10.3. The second-order valence-electron chi connectivity index (χ2n) is 9.25. The molecule has 1 aromatic carbocycles. The largest absolute Gasteiger partial charge is 0.460 e. The summed E-state index contributed by atoms with van der Waals surface area (Å²) in [5.74, 6) is -31.2. The molecule has 42 heavy (non-hydrogen) atoms. The van der Waals surface area contributed by atoms with Crippen molar-refractivity contribution < 1.29 is 79.7 Å². The van der Waals surface area contributed by atoms with Gasteiger partial charge in [-0.3, -0.25) is 0 Å². The number of aryl methyl sites for hydroxylation is 1. The van der Waals surface area contributed by atoms with E-state index in [9.17, 15) is 70.2 Å². The molecule has 18 heteroatoms. The maximum Gasteiger partial charge on any atom is 0.460 e. The SMILES string of the molecule is CCCCCCCCCCc1ccccc1OC(F)C(F)(F)C(F)(F)C(F)(F)OC(F)(F)C(F)(F)C(F)(F)C(F)(F)F. The first kappa shape index (κ1) is 37.9. The number of hydrogen-bond acceptors (Lipinski definition) is 2. The zero-order valence-electron chi connectivity index (χ0n) is 21.6. The first-order chi connectivity index (χ1) is 18.9. The molecule has 0 N–H and O–H groups in total. The lowest BCUT2D eigenvalue weighted by atomic mass is 10.0. The molecular formula is C24H26F16O2. The minimum absolute atomic E-state index is 0.00614. The molecule has 0 aliphatic rings. The normalized spacial score (nSPS) is 15.2. The minimum Gasteiger partial charge on any atom is -0.454 e. The zero-order chi connectivity index (χ0) is 32.8. The van der Waals surface area contributed by atoms with Crippen molar-refractivity contribution in [1.29, 1.82) is 0 Å². The van der Waals surface area contributed by atoms with E-state index in [1.807, 2.05) is 6.92 Å². The lowest BCUT2D eigenvalue weighted by Gasteiger charge is -2.38. The molecule has 0 saturated carbocycles. The second kappa shape index (κ2) is 13.7. The monoisotopic (exact) mass is 650 g/mol. The Morgan fingerprint density at radius 3 is 1.55 bits per heavy atom. The highest BCUT2D eigenvalue weighted by atomic mass is 19.4. The van der Waals surface area contributed by atoms with Gasteiger partial charge in [0.05, 0.1) is 0 Å². The van der Waals surface area contributed by atoms with Gasteiger partial charge in [-0.05, 0) is 24.5 Å². The van der Waals surface area contributed by atoms with Crippen molar-refractivity contribution in [3.63, 3.8) is 0 Å². The van der Waals surface area contributed by atoms with Crippen LogP contribution in [-0.2, 0) is 11.2 Å². The maximum absolute atomic E-state index is 14.2. The molecule has 0 amide bonds. The third-order valence-corrected chi connectivity index (χ3v) is 5.94. The molecule has 1 rings (SSSR count). The Kier molecular flexibility index (Phi) is 12.3. The van der Waals surface area contributed by atoms with Gasteiger partial charge in [0.25, 0.3) is 0 Å². The summed E-state index contributed by atoms with van der Waals surface area (Å²) < 4.78 is 218. The number of para-hydroxylation sites is 1. The van der Waals surface area contributed by atoms with Gasteiger partial charge in [0.1, 0.15) is 5.75 Å². The van der Waals surface area contributed by atoms with Gasteiger partial charge in [0.15, 0.2) is 0 Å². The number of hydrogen-bond donors (Lipinski definition) is 0. The van der Waals surface area contributed by atoms with E-state index in [2.05, 4.69) is 4.74 Å². The van der Waals surface area contributed by atoms with E-state index in [0.717, 1.165) is 50.7 Å². The third-order valence-electron chi connectivity index (χ3n) is 5.94. The number of alkyl halides is 16. The first-order valence-electron chi connectivity index (χ1n) is 12.3. The first-order valence-corrected chi connectivity index (χ1v) is 12.3. The smallest absolute Gasteiger partial charge is 0.454 e. The molecule has 0 heterocycles. The van der Waals surface area contributed by atoms with Crippen LogP contribution in [0.15, 0.2) is 24.3 Å². The number of unbranched alkanes of at least 4 members (excludes halogenated alkanes) is 7. The van der Waals surface area contributed by atoms with E-state index in [1.54, 1.807) is 0 Å². The highest BCUT2D eigenvalue weighted by Gasteiger charge is 2.86. The average molecular weight is 650 g/mol. The summed E-state index contributed by atoms with van der Waals surface area (Å²) in [6, 6.07) is 4.23. The number of rotatable bonds is 18. The molecule has 0 fully saturated rings. The fraction of sp³-hybridized carbons (Fsp3) is 0.750. The van der Waals surface area contributed by atoms with Gasteiger partial charge < -0.3 is 4.74 Å². The van der Waals surface area contributed by atoms with Gasteiger partial charge in [-0.1, -0.05) is 70.1 Å². The molecule has 1 aromatic rings. The van der Waals surface area contributed by atoms with E-state index < -0.39 is 54.2 Å². The molecule has 1 atom stereocenters. The molecule has 0 radical (unpaired) electrons. The van der Waals surface area contributed by atoms with Crippen molar-refractivity contribution in [3.05, 3.63) is 29.8 Å². The lowest BCUT2D eigenvalue weighted by Crippen LogP contribution is -2.67. The van der Waals surface area contributed by atoms with Gasteiger partial charge >= 0.3 is 48.4 Å². The van der Waals surface area contributed by atoms with Gasteiger partial charge in [0, 0.05) is 0 Å². The van der Waals surface area contributed by atoms with Gasteiger partial charge in [-0.15, -0.1) is 0 Å². The molecule has 0 spiro atoms. The predicted molar refractivity (Wildman–Crippen MR) is 115 cm³/mol. The van der Waals surface area contributed by atoms with Crippen LogP contribution in [0.5, 0.6) is 5.75 Å². The Bertz CT molecular complexity index is 977. The van der Waals surface area contributed by atoms with Crippen molar-refractivity contribution in [3.8, 4) is 5.75 Å². The van der Waals surface area contributed by atoms with E-state index >= 15 is 0 Å². The van der Waals surface area contributed by atoms with Crippen molar-refractivity contribution >= 4 is 0 Å². The summed E-state index contributed by atoms with van der Waals surface area (Å²) in [6.45, 7) is 2.02. The Hall–Kier alpha value is -2.14. The van der Waals surface area contributed by atoms with Crippen LogP contribution < -0.4 is 4.74 Å². The van der Waals surface area contributed by atoms with Crippen molar-refractivity contribution in [2.75, 3.05) is 0 Å². The molecule has 2 nitrogen and oxygen atoms in total. The van der Waals surface area contributed by atoms with E-state index in [4.69, 9.17) is 0 Å². The Labute approximate surface area is 229 Å². The summed E-state index contributed by atoms with van der Waals surface area (Å²) >= 11 is 0. The van der Waals surface area contributed by atoms with Crippen LogP contribution in [0, 0.1) is 0 Å². The Balaban J connectivity index is 3.07. The van der Waals surface area contributed by atoms with Crippen molar-refractivity contribution in [2.24, 2.45) is 0 Å². The fourth-order valence-corrected chi connectivity index (χ4v) is 3.45. The molecule has 0 aliphatic carbocycles. The van der Waals surface area contributed by atoms with E-state index in [0.29, 0.717) is 12.8 Å². The van der Waals surface area contributed by atoms with Crippen LogP contribution in [0.4, 0.5) is 70.2 Å². The number of halogens is 16. The maximum atomic E-state index is 14.2. The standard InChI is InChI=1S/C24H26F16O2/c1-2-3-4-5-6-7-8-9-12-15-13-10-11-14-16(15)41-17(25)18(26,27)19(28,29)23(37,38)42-24(39,40)21(32,33)20(30,31)22(34,35)36/h10-11,13-14,17H,2-9,12H2,1H3. The molecule has 0 saturated heterocycles.